The second-order valence-electron chi connectivity index (χ2n) is 6.62. The van der Waals surface area contributed by atoms with E-state index in [1.165, 1.54) is 0 Å². The van der Waals surface area contributed by atoms with Crippen LogP contribution in [0.3, 0.4) is 0 Å². The van der Waals surface area contributed by atoms with Crippen LogP contribution in [0.25, 0.3) is 5.52 Å². The predicted molar refractivity (Wildman–Crippen MR) is 107 cm³/mol. The SMILES string of the molecule is Cc1cc(NC(=O)c2nc(C(=O)NC(C)c3ccccc3)n3ccccc23)no1. The van der Waals surface area contributed by atoms with Gasteiger partial charge in [0.15, 0.2) is 11.5 Å². The molecule has 0 aliphatic heterocycles. The van der Waals surface area contributed by atoms with E-state index in [9.17, 15) is 9.59 Å². The molecule has 29 heavy (non-hydrogen) atoms. The summed E-state index contributed by atoms with van der Waals surface area (Å²) in [5.74, 6) is 0.138. The minimum atomic E-state index is -0.475. The van der Waals surface area contributed by atoms with E-state index in [-0.39, 0.29) is 29.3 Å². The van der Waals surface area contributed by atoms with Gasteiger partial charge in [-0.1, -0.05) is 41.6 Å². The van der Waals surface area contributed by atoms with Crippen molar-refractivity contribution in [2.75, 3.05) is 5.32 Å². The monoisotopic (exact) mass is 389 g/mol. The summed E-state index contributed by atoms with van der Waals surface area (Å²) in [7, 11) is 0. The van der Waals surface area contributed by atoms with Crippen LogP contribution in [0.5, 0.6) is 0 Å². The molecule has 0 spiro atoms. The summed E-state index contributed by atoms with van der Waals surface area (Å²) in [6.07, 6.45) is 1.70. The third kappa shape index (κ3) is 3.73. The van der Waals surface area contributed by atoms with E-state index in [4.69, 9.17) is 4.52 Å². The zero-order valence-corrected chi connectivity index (χ0v) is 15.9. The number of carbonyl (C=O) groups excluding carboxylic acids is 2. The molecule has 1 atom stereocenters. The number of amides is 2. The van der Waals surface area contributed by atoms with Crippen LogP contribution in [-0.4, -0.2) is 26.4 Å². The normalized spacial score (nSPS) is 11.9. The van der Waals surface area contributed by atoms with Crippen LogP contribution in [0.1, 0.15) is 45.4 Å². The van der Waals surface area contributed by atoms with E-state index >= 15 is 0 Å². The highest BCUT2D eigenvalue weighted by Gasteiger charge is 2.23. The van der Waals surface area contributed by atoms with Gasteiger partial charge in [0.25, 0.3) is 11.8 Å². The molecule has 0 aliphatic carbocycles. The Morgan fingerprint density at radius 1 is 1.07 bits per heavy atom. The lowest BCUT2D eigenvalue weighted by Gasteiger charge is -2.13. The summed E-state index contributed by atoms with van der Waals surface area (Å²) in [5.41, 5.74) is 1.62. The van der Waals surface area contributed by atoms with Gasteiger partial charge in [0.1, 0.15) is 5.76 Å². The van der Waals surface area contributed by atoms with E-state index in [1.54, 1.807) is 41.8 Å². The summed E-state index contributed by atoms with van der Waals surface area (Å²) in [5, 5.41) is 9.32. The molecule has 1 unspecified atom stereocenters. The first-order valence-electron chi connectivity index (χ1n) is 9.10. The van der Waals surface area contributed by atoms with Gasteiger partial charge < -0.3 is 15.2 Å². The predicted octanol–water partition coefficient (Wildman–Crippen LogP) is 3.37. The fourth-order valence-corrected chi connectivity index (χ4v) is 3.05. The molecule has 3 aromatic heterocycles. The molecule has 4 rings (SSSR count). The fourth-order valence-electron chi connectivity index (χ4n) is 3.05. The van der Waals surface area contributed by atoms with Gasteiger partial charge in [-0.25, -0.2) is 4.98 Å². The lowest BCUT2D eigenvalue weighted by atomic mass is 10.1. The second-order valence-corrected chi connectivity index (χ2v) is 6.62. The van der Waals surface area contributed by atoms with E-state index in [1.807, 2.05) is 37.3 Å². The summed E-state index contributed by atoms with van der Waals surface area (Å²) in [6, 6.07) is 16.3. The highest BCUT2D eigenvalue weighted by Crippen LogP contribution is 2.17. The van der Waals surface area contributed by atoms with Crippen LogP contribution in [0.15, 0.2) is 65.3 Å². The molecule has 8 nitrogen and oxygen atoms in total. The molecule has 0 bridgehead atoms. The maximum absolute atomic E-state index is 12.9. The number of aryl methyl sites for hydroxylation is 1. The number of nitrogens with zero attached hydrogens (tertiary/aromatic N) is 3. The number of pyridine rings is 1. The number of rotatable bonds is 5. The molecule has 0 saturated heterocycles. The third-order valence-electron chi connectivity index (χ3n) is 4.48. The molecule has 3 heterocycles. The molecule has 0 radical (unpaired) electrons. The van der Waals surface area contributed by atoms with Gasteiger partial charge >= 0.3 is 0 Å². The van der Waals surface area contributed by atoms with Crippen LogP contribution in [0.4, 0.5) is 5.82 Å². The number of imidazole rings is 1. The van der Waals surface area contributed by atoms with Gasteiger partial charge in [0, 0.05) is 12.3 Å². The fraction of sp³-hybridized carbons (Fsp3) is 0.143. The van der Waals surface area contributed by atoms with Gasteiger partial charge in [-0.05, 0) is 31.5 Å². The number of hydrogen-bond acceptors (Lipinski definition) is 5. The van der Waals surface area contributed by atoms with Gasteiger partial charge in [0.05, 0.1) is 11.6 Å². The Labute approximate surface area is 166 Å². The Morgan fingerprint density at radius 3 is 2.55 bits per heavy atom. The summed E-state index contributed by atoms with van der Waals surface area (Å²) in [4.78, 5) is 29.9. The molecule has 0 aliphatic rings. The molecule has 4 aromatic rings. The Morgan fingerprint density at radius 2 is 1.83 bits per heavy atom. The summed E-state index contributed by atoms with van der Waals surface area (Å²) < 4.78 is 6.56. The van der Waals surface area contributed by atoms with E-state index in [2.05, 4.69) is 20.8 Å². The minimum Gasteiger partial charge on any atom is -0.360 e. The largest absolute Gasteiger partial charge is 0.360 e. The summed E-state index contributed by atoms with van der Waals surface area (Å²) >= 11 is 0. The Bertz CT molecular complexity index is 1180. The molecule has 2 N–H and O–H groups in total. The molecule has 0 saturated carbocycles. The number of fused-ring (bicyclic) bond motifs is 1. The first kappa shape index (κ1) is 18.4. The smallest absolute Gasteiger partial charge is 0.288 e. The quantitative estimate of drug-likeness (QED) is 0.545. The van der Waals surface area contributed by atoms with Crippen molar-refractivity contribution in [3.8, 4) is 0 Å². The van der Waals surface area contributed by atoms with Crippen molar-refractivity contribution in [2.45, 2.75) is 19.9 Å². The van der Waals surface area contributed by atoms with Crippen LogP contribution >= 0.6 is 0 Å². The maximum atomic E-state index is 12.9. The summed E-state index contributed by atoms with van der Waals surface area (Å²) in [6.45, 7) is 3.62. The van der Waals surface area contributed by atoms with Crippen molar-refractivity contribution in [3.63, 3.8) is 0 Å². The molecular weight excluding hydrogens is 370 g/mol. The molecule has 8 heteroatoms. The van der Waals surface area contributed by atoms with Crippen molar-refractivity contribution in [1.82, 2.24) is 19.9 Å². The third-order valence-corrected chi connectivity index (χ3v) is 4.48. The molecular formula is C21H19N5O3. The second kappa shape index (κ2) is 7.59. The highest BCUT2D eigenvalue weighted by atomic mass is 16.5. The zero-order valence-electron chi connectivity index (χ0n) is 15.9. The van der Waals surface area contributed by atoms with E-state index in [0.29, 0.717) is 11.3 Å². The number of carbonyl (C=O) groups is 2. The average molecular weight is 389 g/mol. The molecule has 0 fully saturated rings. The maximum Gasteiger partial charge on any atom is 0.288 e. The van der Waals surface area contributed by atoms with Crippen LogP contribution in [-0.2, 0) is 0 Å². The van der Waals surface area contributed by atoms with Crippen LogP contribution < -0.4 is 10.6 Å². The van der Waals surface area contributed by atoms with Gasteiger partial charge in [-0.15, -0.1) is 0 Å². The van der Waals surface area contributed by atoms with E-state index in [0.717, 1.165) is 5.56 Å². The topological polar surface area (TPSA) is 102 Å². The Balaban J connectivity index is 1.63. The van der Waals surface area contributed by atoms with Crippen molar-refractivity contribution >= 4 is 23.1 Å². The highest BCUT2D eigenvalue weighted by molar-refractivity contribution is 6.08. The minimum absolute atomic E-state index is 0.128. The van der Waals surface area contributed by atoms with Crippen molar-refractivity contribution in [2.24, 2.45) is 0 Å². The Hall–Kier alpha value is -3.94. The Kier molecular flexibility index (Phi) is 4.82. The van der Waals surface area contributed by atoms with Gasteiger partial charge in [0.2, 0.25) is 5.82 Å². The molecule has 2 amide bonds. The number of anilines is 1. The first-order valence-corrected chi connectivity index (χ1v) is 9.10. The average Bonchev–Trinajstić information content (AvgIpc) is 3.32. The lowest BCUT2D eigenvalue weighted by molar-refractivity contribution is 0.0928. The van der Waals surface area contributed by atoms with Crippen molar-refractivity contribution < 1.29 is 14.1 Å². The van der Waals surface area contributed by atoms with Crippen LogP contribution in [0, 0.1) is 6.92 Å². The first-order chi connectivity index (χ1) is 14.0. The van der Waals surface area contributed by atoms with Crippen molar-refractivity contribution in [1.29, 1.82) is 0 Å². The molecule has 146 valence electrons. The molecule has 1 aromatic carbocycles. The number of nitrogens with one attached hydrogen (secondary N) is 2. The van der Waals surface area contributed by atoms with Crippen LogP contribution in [0.2, 0.25) is 0 Å². The number of hydrogen-bond donors (Lipinski definition) is 2. The lowest BCUT2D eigenvalue weighted by Crippen LogP contribution is -2.28. The van der Waals surface area contributed by atoms with Crippen molar-refractivity contribution in [3.05, 3.63) is 83.6 Å². The van der Waals surface area contributed by atoms with Gasteiger partial charge in [-0.3, -0.25) is 14.0 Å². The van der Waals surface area contributed by atoms with E-state index < -0.39 is 5.91 Å². The zero-order chi connectivity index (χ0) is 20.4. The number of aromatic nitrogens is 3. The van der Waals surface area contributed by atoms with Gasteiger partial charge in [-0.2, -0.15) is 0 Å². The number of benzene rings is 1. The standard InChI is InChI=1S/C21H19N5O3/c1-13-12-17(25-29-13)23-20(27)18-16-10-6-7-11-26(16)19(24-18)21(28)22-14(2)15-8-4-3-5-9-15/h3-12,14H,1-2H3,(H,22,28)(H,23,25,27).